The summed E-state index contributed by atoms with van der Waals surface area (Å²) in [5, 5.41) is 0. The lowest BCUT2D eigenvalue weighted by atomic mass is 10.0. The number of sulfonamides is 1. The number of methoxy groups -OCH3 is 2. The van der Waals surface area contributed by atoms with E-state index in [-0.39, 0.29) is 17.5 Å². The van der Waals surface area contributed by atoms with E-state index in [0.717, 1.165) is 37.2 Å². The monoisotopic (exact) mass is 432 g/mol. The van der Waals surface area contributed by atoms with E-state index in [1.165, 1.54) is 25.3 Å². The zero-order valence-electron chi connectivity index (χ0n) is 17.6. The number of carbonyl (C=O) groups is 1. The van der Waals surface area contributed by atoms with Gasteiger partial charge in [0.2, 0.25) is 10.0 Å². The third-order valence-electron chi connectivity index (χ3n) is 5.43. The Morgan fingerprint density at radius 1 is 1.13 bits per heavy atom. The predicted octanol–water partition coefficient (Wildman–Crippen LogP) is 2.91. The van der Waals surface area contributed by atoms with E-state index in [9.17, 15) is 13.2 Å². The van der Waals surface area contributed by atoms with Crippen molar-refractivity contribution in [3.05, 3.63) is 59.2 Å². The van der Waals surface area contributed by atoms with E-state index in [2.05, 4.69) is 9.62 Å². The molecule has 3 rings (SSSR count). The Hall–Kier alpha value is -2.42. The van der Waals surface area contributed by atoms with Crippen molar-refractivity contribution in [1.82, 2.24) is 9.62 Å². The molecule has 0 saturated carbocycles. The molecular formula is C22H28N2O5S. The Balaban J connectivity index is 1.85. The van der Waals surface area contributed by atoms with Crippen LogP contribution in [0.1, 0.15) is 40.4 Å². The van der Waals surface area contributed by atoms with Crippen LogP contribution < -0.4 is 9.46 Å². The number of rotatable bonds is 8. The van der Waals surface area contributed by atoms with Crippen LogP contribution in [-0.4, -0.2) is 53.1 Å². The summed E-state index contributed by atoms with van der Waals surface area (Å²) in [5.41, 5.74) is 1.76. The van der Waals surface area contributed by atoms with Crippen LogP contribution in [0.5, 0.6) is 5.75 Å². The first-order chi connectivity index (χ1) is 14.4. The summed E-state index contributed by atoms with van der Waals surface area (Å²) >= 11 is 0. The molecule has 0 spiro atoms. The molecule has 1 unspecified atom stereocenters. The number of ether oxygens (including phenoxy) is 2. The third kappa shape index (κ3) is 4.83. The van der Waals surface area contributed by atoms with E-state index in [0.29, 0.717) is 11.1 Å². The standard InChI is InChI=1S/C22H28N2O5S/c1-16-14-17(22(25)29-3)10-11-21(16)30(26,27)23-15-19(24-12-6-7-13-24)18-8-4-5-9-20(18)28-2/h4-5,8-11,14,19,23H,6-7,12-13,15H2,1-3H3. The minimum absolute atomic E-state index is 0.131. The topological polar surface area (TPSA) is 84.9 Å². The summed E-state index contributed by atoms with van der Waals surface area (Å²) < 4.78 is 39.1. The fraction of sp³-hybridized carbons (Fsp3) is 0.409. The van der Waals surface area contributed by atoms with Crippen LogP contribution in [0, 0.1) is 6.92 Å². The van der Waals surface area contributed by atoms with Crippen LogP contribution >= 0.6 is 0 Å². The smallest absolute Gasteiger partial charge is 0.337 e. The number of aryl methyl sites for hydroxylation is 1. The second kappa shape index (κ2) is 9.59. The molecule has 162 valence electrons. The molecule has 1 aliphatic rings. The molecule has 0 aliphatic carbocycles. The summed E-state index contributed by atoms with van der Waals surface area (Å²) in [7, 11) is -0.849. The lowest BCUT2D eigenvalue weighted by Gasteiger charge is -2.29. The van der Waals surface area contributed by atoms with Gasteiger partial charge in [-0.3, -0.25) is 4.90 Å². The van der Waals surface area contributed by atoms with Gasteiger partial charge >= 0.3 is 5.97 Å². The summed E-state index contributed by atoms with van der Waals surface area (Å²) in [6.07, 6.45) is 2.18. The molecule has 0 aromatic heterocycles. The van der Waals surface area contributed by atoms with Gasteiger partial charge in [0.25, 0.3) is 0 Å². The van der Waals surface area contributed by atoms with Gasteiger partial charge in [0.15, 0.2) is 0 Å². The summed E-state index contributed by atoms with van der Waals surface area (Å²) in [6, 6.07) is 12.0. The Morgan fingerprint density at radius 3 is 2.47 bits per heavy atom. The molecule has 1 N–H and O–H groups in total. The lowest BCUT2D eigenvalue weighted by Crippen LogP contribution is -2.37. The SMILES string of the molecule is COC(=O)c1ccc(S(=O)(=O)NCC(c2ccccc2OC)N2CCCC2)c(C)c1. The summed E-state index contributed by atoms with van der Waals surface area (Å²) in [5.74, 6) is 0.243. The van der Waals surface area contributed by atoms with Crippen molar-refractivity contribution >= 4 is 16.0 Å². The second-order valence-electron chi connectivity index (χ2n) is 7.32. The molecule has 8 heteroatoms. The van der Waals surface area contributed by atoms with Gasteiger partial charge < -0.3 is 9.47 Å². The zero-order chi connectivity index (χ0) is 21.7. The average Bonchev–Trinajstić information content (AvgIpc) is 3.27. The van der Waals surface area contributed by atoms with Crippen molar-refractivity contribution in [2.75, 3.05) is 33.9 Å². The number of carbonyl (C=O) groups excluding carboxylic acids is 1. The van der Waals surface area contributed by atoms with E-state index in [1.54, 1.807) is 14.0 Å². The number of hydrogen-bond donors (Lipinski definition) is 1. The number of likely N-dealkylation sites (tertiary alicyclic amines) is 1. The maximum Gasteiger partial charge on any atom is 0.337 e. The summed E-state index contributed by atoms with van der Waals surface area (Å²) in [4.78, 5) is 14.1. The number of nitrogens with zero attached hydrogens (tertiary/aromatic N) is 1. The van der Waals surface area contributed by atoms with E-state index < -0.39 is 16.0 Å². The van der Waals surface area contributed by atoms with E-state index in [4.69, 9.17) is 9.47 Å². The number of nitrogens with one attached hydrogen (secondary N) is 1. The molecule has 0 bridgehead atoms. The van der Waals surface area contributed by atoms with Crippen LogP contribution in [0.2, 0.25) is 0 Å². The minimum Gasteiger partial charge on any atom is -0.496 e. The van der Waals surface area contributed by atoms with Gasteiger partial charge in [-0.25, -0.2) is 17.9 Å². The molecule has 2 aromatic rings. The highest BCUT2D eigenvalue weighted by Gasteiger charge is 2.28. The molecule has 1 atom stereocenters. The molecule has 1 aliphatic heterocycles. The van der Waals surface area contributed by atoms with Crippen molar-refractivity contribution in [1.29, 1.82) is 0 Å². The quantitative estimate of drug-likeness (QED) is 0.646. The zero-order valence-corrected chi connectivity index (χ0v) is 18.4. The van der Waals surface area contributed by atoms with Gasteiger partial charge in [-0.15, -0.1) is 0 Å². The first kappa shape index (κ1) is 22.3. The van der Waals surface area contributed by atoms with Crippen LogP contribution in [0.25, 0.3) is 0 Å². The average molecular weight is 433 g/mol. The second-order valence-corrected chi connectivity index (χ2v) is 9.06. The highest BCUT2D eigenvalue weighted by Crippen LogP contribution is 2.31. The molecule has 0 radical (unpaired) electrons. The maximum absolute atomic E-state index is 13.0. The maximum atomic E-state index is 13.0. The Kier molecular flexibility index (Phi) is 7.12. The van der Waals surface area contributed by atoms with Crippen molar-refractivity contribution in [2.24, 2.45) is 0 Å². The lowest BCUT2D eigenvalue weighted by molar-refractivity contribution is 0.0600. The van der Waals surface area contributed by atoms with Gasteiger partial charge in [-0.2, -0.15) is 0 Å². The largest absolute Gasteiger partial charge is 0.496 e. The Labute approximate surface area is 178 Å². The van der Waals surface area contributed by atoms with Gasteiger partial charge in [-0.1, -0.05) is 18.2 Å². The fourth-order valence-electron chi connectivity index (χ4n) is 3.89. The van der Waals surface area contributed by atoms with E-state index in [1.807, 2.05) is 24.3 Å². The Morgan fingerprint density at radius 2 is 1.83 bits per heavy atom. The van der Waals surface area contributed by atoms with Gasteiger partial charge in [0.05, 0.1) is 30.7 Å². The molecule has 1 fully saturated rings. The van der Waals surface area contributed by atoms with E-state index >= 15 is 0 Å². The number of esters is 1. The molecule has 0 amide bonds. The molecule has 2 aromatic carbocycles. The van der Waals surface area contributed by atoms with Crippen molar-refractivity contribution < 1.29 is 22.7 Å². The first-order valence-corrected chi connectivity index (χ1v) is 11.4. The van der Waals surface area contributed by atoms with Gasteiger partial charge in [0, 0.05) is 12.1 Å². The number of para-hydroxylation sites is 1. The predicted molar refractivity (Wildman–Crippen MR) is 114 cm³/mol. The van der Waals surface area contributed by atoms with Crippen molar-refractivity contribution in [2.45, 2.75) is 30.7 Å². The highest BCUT2D eigenvalue weighted by atomic mass is 32.2. The van der Waals surface area contributed by atoms with Crippen LogP contribution in [0.3, 0.4) is 0 Å². The molecule has 1 saturated heterocycles. The number of hydrogen-bond acceptors (Lipinski definition) is 6. The van der Waals surface area contributed by atoms with Gasteiger partial charge in [-0.05, 0) is 62.7 Å². The molecular weight excluding hydrogens is 404 g/mol. The van der Waals surface area contributed by atoms with Crippen molar-refractivity contribution in [3.8, 4) is 5.75 Å². The summed E-state index contributed by atoms with van der Waals surface area (Å²) in [6.45, 7) is 3.72. The highest BCUT2D eigenvalue weighted by molar-refractivity contribution is 7.89. The van der Waals surface area contributed by atoms with Crippen LogP contribution in [-0.2, 0) is 14.8 Å². The third-order valence-corrected chi connectivity index (χ3v) is 7.02. The normalized spacial score (nSPS) is 15.7. The molecule has 1 heterocycles. The Bertz CT molecular complexity index is 1000. The van der Waals surface area contributed by atoms with Crippen LogP contribution in [0.15, 0.2) is 47.4 Å². The molecule has 7 nitrogen and oxygen atoms in total. The van der Waals surface area contributed by atoms with Gasteiger partial charge in [0.1, 0.15) is 5.75 Å². The van der Waals surface area contributed by atoms with Crippen molar-refractivity contribution in [3.63, 3.8) is 0 Å². The number of benzene rings is 2. The molecule has 30 heavy (non-hydrogen) atoms. The minimum atomic E-state index is -3.76. The fourth-order valence-corrected chi connectivity index (χ4v) is 5.16. The first-order valence-electron chi connectivity index (χ1n) is 9.93. The van der Waals surface area contributed by atoms with Crippen LogP contribution in [0.4, 0.5) is 0 Å².